The predicted octanol–water partition coefficient (Wildman–Crippen LogP) is 5.78. The lowest BCUT2D eigenvalue weighted by Crippen LogP contribution is -2.00. The smallest absolute Gasteiger partial charge is 0.165 e. The molecule has 0 aliphatic carbocycles. The van der Waals surface area contributed by atoms with Gasteiger partial charge in [-0.1, -0.05) is 57.8 Å². The zero-order valence-electron chi connectivity index (χ0n) is 15.5. The Morgan fingerprint density at radius 1 is 1.00 bits per heavy atom. The number of hydrogen-bond acceptors (Lipinski definition) is 3. The molecule has 0 fully saturated rings. The van der Waals surface area contributed by atoms with Gasteiger partial charge in [-0.15, -0.1) is 6.42 Å². The monoisotopic (exact) mass is 354 g/mol. The minimum absolute atomic E-state index is 0.275. The molecule has 4 heteroatoms. The SMILES string of the molecule is C#Cc1cnc(-c2ccc(OCCCCCCCCCC)c(F)c2)nc1. The molecule has 0 atom stereocenters. The minimum Gasteiger partial charge on any atom is -0.491 e. The van der Waals surface area contributed by atoms with Crippen molar-refractivity contribution in [3.05, 3.63) is 42.0 Å². The first-order valence-electron chi connectivity index (χ1n) is 9.46. The van der Waals surface area contributed by atoms with Gasteiger partial charge < -0.3 is 4.74 Å². The van der Waals surface area contributed by atoms with Crippen molar-refractivity contribution in [2.45, 2.75) is 58.3 Å². The summed E-state index contributed by atoms with van der Waals surface area (Å²) in [6.45, 7) is 2.77. The molecule has 3 nitrogen and oxygen atoms in total. The van der Waals surface area contributed by atoms with E-state index in [1.165, 1.54) is 44.6 Å². The summed E-state index contributed by atoms with van der Waals surface area (Å²) in [7, 11) is 0. The molecule has 138 valence electrons. The van der Waals surface area contributed by atoms with Gasteiger partial charge in [-0.2, -0.15) is 0 Å². The number of rotatable bonds is 11. The lowest BCUT2D eigenvalue weighted by molar-refractivity contribution is 0.290. The first-order valence-corrected chi connectivity index (χ1v) is 9.46. The molecule has 0 saturated heterocycles. The highest BCUT2D eigenvalue weighted by molar-refractivity contribution is 5.56. The second-order valence-electron chi connectivity index (χ2n) is 6.41. The molecule has 2 aromatic rings. The molecule has 0 N–H and O–H groups in total. The Kier molecular flexibility index (Phi) is 8.62. The van der Waals surface area contributed by atoms with Gasteiger partial charge in [0.25, 0.3) is 0 Å². The Morgan fingerprint density at radius 3 is 2.27 bits per heavy atom. The predicted molar refractivity (Wildman–Crippen MR) is 103 cm³/mol. The van der Waals surface area contributed by atoms with Gasteiger partial charge >= 0.3 is 0 Å². The van der Waals surface area contributed by atoms with E-state index in [9.17, 15) is 4.39 Å². The summed E-state index contributed by atoms with van der Waals surface area (Å²) in [4.78, 5) is 8.30. The molecule has 1 aromatic carbocycles. The Hall–Kier alpha value is -2.41. The van der Waals surface area contributed by atoms with E-state index in [-0.39, 0.29) is 5.75 Å². The number of unbranched alkanes of at least 4 members (excludes halogenated alkanes) is 7. The van der Waals surface area contributed by atoms with Gasteiger partial charge in [-0.05, 0) is 24.6 Å². The van der Waals surface area contributed by atoms with Gasteiger partial charge in [0.2, 0.25) is 0 Å². The average molecular weight is 354 g/mol. The van der Waals surface area contributed by atoms with Crippen LogP contribution in [0, 0.1) is 18.2 Å². The summed E-state index contributed by atoms with van der Waals surface area (Å²) in [6.07, 6.45) is 18.2. The van der Waals surface area contributed by atoms with E-state index in [1.54, 1.807) is 24.5 Å². The van der Waals surface area contributed by atoms with Gasteiger partial charge in [0, 0.05) is 18.0 Å². The summed E-state index contributed by atoms with van der Waals surface area (Å²) in [5.41, 5.74) is 1.20. The topological polar surface area (TPSA) is 35.0 Å². The lowest BCUT2D eigenvalue weighted by atomic mass is 10.1. The highest BCUT2D eigenvalue weighted by Gasteiger charge is 2.08. The summed E-state index contributed by atoms with van der Waals surface area (Å²) in [5.74, 6) is 2.78. The third kappa shape index (κ3) is 6.48. The van der Waals surface area contributed by atoms with Crippen molar-refractivity contribution >= 4 is 0 Å². The minimum atomic E-state index is -0.397. The molecule has 0 radical (unpaired) electrons. The Bertz CT molecular complexity index is 707. The van der Waals surface area contributed by atoms with Crippen molar-refractivity contribution in [3.63, 3.8) is 0 Å². The largest absolute Gasteiger partial charge is 0.491 e. The highest BCUT2D eigenvalue weighted by atomic mass is 19.1. The fourth-order valence-electron chi connectivity index (χ4n) is 2.73. The van der Waals surface area contributed by atoms with Gasteiger partial charge in [0.1, 0.15) is 0 Å². The normalized spacial score (nSPS) is 10.5. The molecule has 26 heavy (non-hydrogen) atoms. The Labute approximate surface area is 156 Å². The first kappa shape index (κ1) is 19.9. The van der Waals surface area contributed by atoms with Crippen LogP contribution in [0.3, 0.4) is 0 Å². The molecule has 0 bridgehead atoms. The fraction of sp³-hybridized carbons (Fsp3) is 0.455. The number of hydrogen-bond donors (Lipinski definition) is 0. The Morgan fingerprint density at radius 2 is 1.65 bits per heavy atom. The summed E-state index contributed by atoms with van der Waals surface area (Å²) >= 11 is 0. The van der Waals surface area contributed by atoms with Crippen molar-refractivity contribution in [2.24, 2.45) is 0 Å². The second-order valence-corrected chi connectivity index (χ2v) is 6.41. The average Bonchev–Trinajstić information content (AvgIpc) is 2.68. The molecular formula is C22H27FN2O. The van der Waals surface area contributed by atoms with Gasteiger partial charge in [0.05, 0.1) is 12.2 Å². The van der Waals surface area contributed by atoms with E-state index < -0.39 is 5.82 Å². The zero-order valence-corrected chi connectivity index (χ0v) is 15.5. The Balaban J connectivity index is 1.74. The summed E-state index contributed by atoms with van der Waals surface area (Å²) < 4.78 is 19.8. The molecule has 1 aromatic heterocycles. The van der Waals surface area contributed by atoms with Crippen LogP contribution in [0.5, 0.6) is 5.75 Å². The lowest BCUT2D eigenvalue weighted by Gasteiger charge is -2.08. The van der Waals surface area contributed by atoms with E-state index in [0.29, 0.717) is 23.6 Å². The molecule has 0 aliphatic rings. The van der Waals surface area contributed by atoms with E-state index >= 15 is 0 Å². The van der Waals surface area contributed by atoms with Crippen LogP contribution in [0.15, 0.2) is 30.6 Å². The van der Waals surface area contributed by atoms with Crippen LogP contribution in [0.4, 0.5) is 4.39 Å². The molecule has 0 saturated carbocycles. The molecule has 0 aliphatic heterocycles. The number of aromatic nitrogens is 2. The molecule has 2 rings (SSSR count). The summed E-state index contributed by atoms with van der Waals surface area (Å²) in [5, 5.41) is 0. The van der Waals surface area contributed by atoms with Crippen molar-refractivity contribution in [1.82, 2.24) is 9.97 Å². The third-order valence-corrected chi connectivity index (χ3v) is 4.26. The highest BCUT2D eigenvalue weighted by Crippen LogP contribution is 2.23. The first-order chi connectivity index (χ1) is 12.7. The third-order valence-electron chi connectivity index (χ3n) is 4.26. The van der Waals surface area contributed by atoms with Crippen LogP contribution >= 0.6 is 0 Å². The summed E-state index contributed by atoms with van der Waals surface area (Å²) in [6, 6.07) is 4.79. The van der Waals surface area contributed by atoms with Crippen molar-refractivity contribution in [2.75, 3.05) is 6.61 Å². The molecule has 0 spiro atoms. The van der Waals surface area contributed by atoms with Crippen LogP contribution in [0.2, 0.25) is 0 Å². The zero-order chi connectivity index (χ0) is 18.6. The number of halogens is 1. The maximum Gasteiger partial charge on any atom is 0.165 e. The van der Waals surface area contributed by atoms with Gasteiger partial charge in [-0.25, -0.2) is 14.4 Å². The molecule has 1 heterocycles. The second kappa shape index (κ2) is 11.3. The van der Waals surface area contributed by atoms with Crippen LogP contribution in [-0.4, -0.2) is 16.6 Å². The number of nitrogens with zero attached hydrogens (tertiary/aromatic N) is 2. The van der Waals surface area contributed by atoms with Crippen molar-refractivity contribution < 1.29 is 9.13 Å². The van der Waals surface area contributed by atoms with E-state index in [2.05, 4.69) is 22.8 Å². The van der Waals surface area contributed by atoms with E-state index in [0.717, 1.165) is 12.8 Å². The van der Waals surface area contributed by atoms with E-state index in [1.807, 2.05) is 0 Å². The van der Waals surface area contributed by atoms with Gasteiger partial charge in [0.15, 0.2) is 17.4 Å². The molecule has 0 unspecified atom stereocenters. The maximum absolute atomic E-state index is 14.2. The van der Waals surface area contributed by atoms with Crippen LogP contribution < -0.4 is 4.74 Å². The van der Waals surface area contributed by atoms with E-state index in [4.69, 9.17) is 11.2 Å². The molecular weight excluding hydrogens is 327 g/mol. The fourth-order valence-corrected chi connectivity index (χ4v) is 2.73. The standard InChI is InChI=1S/C22H27FN2O/c1-3-5-6-7-8-9-10-11-14-26-21-13-12-19(15-20(21)23)22-24-16-18(4-2)17-25-22/h2,12-13,15-17H,3,5-11,14H2,1H3. The number of terminal acetylenes is 1. The maximum atomic E-state index is 14.2. The number of ether oxygens (including phenoxy) is 1. The van der Waals surface area contributed by atoms with Crippen LogP contribution in [-0.2, 0) is 0 Å². The quantitative estimate of drug-likeness (QED) is 0.379. The number of benzene rings is 1. The molecule has 0 amide bonds. The van der Waals surface area contributed by atoms with Crippen LogP contribution in [0.1, 0.15) is 63.9 Å². The van der Waals surface area contributed by atoms with Gasteiger partial charge in [-0.3, -0.25) is 0 Å². The van der Waals surface area contributed by atoms with Crippen molar-refractivity contribution in [1.29, 1.82) is 0 Å². The van der Waals surface area contributed by atoms with Crippen LogP contribution in [0.25, 0.3) is 11.4 Å². The van der Waals surface area contributed by atoms with Crippen molar-refractivity contribution in [3.8, 4) is 29.5 Å².